The molecule has 2 aromatic heterocycles. The van der Waals surface area contributed by atoms with Crippen LogP contribution in [-0.2, 0) is 0 Å². The number of rotatable bonds is 7. The Morgan fingerprint density at radius 3 is 1.66 bits per heavy atom. The van der Waals surface area contributed by atoms with Gasteiger partial charge in [-0.2, -0.15) is 0 Å². The smallest absolute Gasteiger partial charge is 0.143 e. The molecule has 3 nitrogen and oxygen atoms in total. The standard InChI is InChI=1S/C62H40N2O/c1-2-19-49-41(15-1)31-32-43-35-38-47(40-57(43)49)63(46-17-13-16-44(39-46)50-25-14-26-56-55-24-8-12-30-61(55)65-62(50)56)45-36-33-42(34-37-45)48-18-3-4-20-51(48)52-21-5-9-27-58(52)64-59-28-10-6-22-53(59)54-23-7-11-29-60(54)64/h1-40H. The van der Waals surface area contributed by atoms with Crippen molar-refractivity contribution in [3.63, 3.8) is 0 Å². The SMILES string of the molecule is c1cc(-c2cccc3c2oc2ccccc23)cc(N(c2ccc(-c3ccccc3-c3ccccc3-n3c4ccccc4c4ccccc43)cc2)c2ccc3ccc4ccccc4c3c2)c1. The molecule has 304 valence electrons. The van der Waals surface area contributed by atoms with Gasteiger partial charge in [-0.3, -0.25) is 0 Å². The molecular weight excluding hydrogens is 789 g/mol. The van der Waals surface area contributed by atoms with Crippen LogP contribution in [0.25, 0.3) is 104 Å². The van der Waals surface area contributed by atoms with Gasteiger partial charge in [0.15, 0.2) is 0 Å². The molecule has 0 atom stereocenters. The Labute approximate surface area is 376 Å². The zero-order valence-corrected chi connectivity index (χ0v) is 35.4. The molecule has 0 radical (unpaired) electrons. The molecule has 0 spiro atoms. The Morgan fingerprint density at radius 1 is 0.308 bits per heavy atom. The van der Waals surface area contributed by atoms with E-state index in [2.05, 4.69) is 240 Å². The highest BCUT2D eigenvalue weighted by Gasteiger charge is 2.20. The Morgan fingerprint density at radius 2 is 0.862 bits per heavy atom. The monoisotopic (exact) mass is 828 g/mol. The van der Waals surface area contributed by atoms with E-state index in [0.717, 1.165) is 61.4 Å². The fraction of sp³-hybridized carbons (Fsp3) is 0. The van der Waals surface area contributed by atoms with E-state index in [1.54, 1.807) is 0 Å². The van der Waals surface area contributed by atoms with Crippen molar-refractivity contribution in [2.24, 2.45) is 0 Å². The third-order valence-corrected chi connectivity index (χ3v) is 13.2. The van der Waals surface area contributed by atoms with E-state index in [4.69, 9.17) is 4.42 Å². The van der Waals surface area contributed by atoms with E-state index >= 15 is 0 Å². The molecule has 13 rings (SSSR count). The van der Waals surface area contributed by atoms with Gasteiger partial charge in [-0.15, -0.1) is 0 Å². The van der Waals surface area contributed by atoms with Gasteiger partial charge in [0, 0.05) is 49.7 Å². The maximum atomic E-state index is 6.54. The van der Waals surface area contributed by atoms with Crippen LogP contribution >= 0.6 is 0 Å². The van der Waals surface area contributed by atoms with Gasteiger partial charge in [0.2, 0.25) is 0 Å². The van der Waals surface area contributed by atoms with Crippen molar-refractivity contribution in [1.82, 2.24) is 4.57 Å². The topological polar surface area (TPSA) is 21.3 Å². The first kappa shape index (κ1) is 36.9. The third kappa shape index (κ3) is 6.05. The molecule has 2 heterocycles. The summed E-state index contributed by atoms with van der Waals surface area (Å²) in [7, 11) is 0. The molecular formula is C62H40N2O. The minimum atomic E-state index is 0.896. The lowest BCUT2D eigenvalue weighted by atomic mass is 9.93. The molecule has 0 unspecified atom stereocenters. The van der Waals surface area contributed by atoms with E-state index in [1.165, 1.54) is 60.0 Å². The summed E-state index contributed by atoms with van der Waals surface area (Å²) >= 11 is 0. The van der Waals surface area contributed by atoms with Gasteiger partial charge in [0.25, 0.3) is 0 Å². The average Bonchev–Trinajstić information content (AvgIpc) is 3.93. The van der Waals surface area contributed by atoms with Gasteiger partial charge in [0.05, 0.1) is 16.7 Å². The maximum Gasteiger partial charge on any atom is 0.143 e. The van der Waals surface area contributed by atoms with Gasteiger partial charge in [-0.05, 0) is 104 Å². The number of fused-ring (bicyclic) bond motifs is 9. The van der Waals surface area contributed by atoms with Crippen LogP contribution in [0, 0.1) is 0 Å². The first-order valence-corrected chi connectivity index (χ1v) is 22.2. The van der Waals surface area contributed by atoms with Crippen molar-refractivity contribution in [2.75, 3.05) is 4.90 Å². The average molecular weight is 829 g/mol. The van der Waals surface area contributed by atoms with Gasteiger partial charge < -0.3 is 13.9 Å². The lowest BCUT2D eigenvalue weighted by molar-refractivity contribution is 0.670. The highest BCUT2D eigenvalue weighted by molar-refractivity contribution is 6.12. The molecule has 0 aliphatic heterocycles. The number of aromatic nitrogens is 1. The van der Waals surface area contributed by atoms with E-state index in [1.807, 2.05) is 12.1 Å². The molecule has 65 heavy (non-hydrogen) atoms. The first-order chi connectivity index (χ1) is 32.2. The molecule has 0 fully saturated rings. The minimum Gasteiger partial charge on any atom is -0.455 e. The van der Waals surface area contributed by atoms with Crippen molar-refractivity contribution in [1.29, 1.82) is 0 Å². The van der Waals surface area contributed by atoms with Crippen molar-refractivity contribution in [3.05, 3.63) is 243 Å². The van der Waals surface area contributed by atoms with E-state index in [0.29, 0.717) is 0 Å². The number of anilines is 3. The summed E-state index contributed by atoms with van der Waals surface area (Å²) in [5.74, 6) is 0. The highest BCUT2D eigenvalue weighted by atomic mass is 16.3. The molecule has 3 heteroatoms. The van der Waals surface area contributed by atoms with E-state index < -0.39 is 0 Å². The second kappa shape index (κ2) is 15.0. The van der Waals surface area contributed by atoms with Gasteiger partial charge >= 0.3 is 0 Å². The molecule has 0 bridgehead atoms. The van der Waals surface area contributed by atoms with Crippen molar-refractivity contribution < 1.29 is 4.42 Å². The number of hydrogen-bond acceptors (Lipinski definition) is 2. The van der Waals surface area contributed by atoms with E-state index in [-0.39, 0.29) is 0 Å². The Bertz CT molecular complexity index is 3910. The van der Waals surface area contributed by atoms with Crippen LogP contribution in [0.3, 0.4) is 0 Å². The number of hydrogen-bond donors (Lipinski definition) is 0. The highest BCUT2D eigenvalue weighted by Crippen LogP contribution is 2.44. The predicted molar refractivity (Wildman–Crippen MR) is 274 cm³/mol. The summed E-state index contributed by atoms with van der Waals surface area (Å²) in [6.07, 6.45) is 0. The Kier molecular flexibility index (Phi) is 8.53. The van der Waals surface area contributed by atoms with Crippen LogP contribution in [0.5, 0.6) is 0 Å². The summed E-state index contributed by atoms with van der Waals surface area (Å²) < 4.78 is 8.97. The summed E-state index contributed by atoms with van der Waals surface area (Å²) in [6.45, 7) is 0. The summed E-state index contributed by atoms with van der Waals surface area (Å²) in [4.78, 5) is 2.39. The van der Waals surface area contributed by atoms with Gasteiger partial charge in [-0.25, -0.2) is 0 Å². The fourth-order valence-electron chi connectivity index (χ4n) is 10.2. The van der Waals surface area contributed by atoms with Crippen molar-refractivity contribution >= 4 is 82.4 Å². The second-order valence-electron chi connectivity index (χ2n) is 16.8. The number of benzene rings is 11. The third-order valence-electron chi connectivity index (χ3n) is 13.2. The van der Waals surface area contributed by atoms with Crippen LogP contribution in [0.15, 0.2) is 247 Å². The fourth-order valence-corrected chi connectivity index (χ4v) is 10.2. The van der Waals surface area contributed by atoms with Crippen LogP contribution in [0.1, 0.15) is 0 Å². The van der Waals surface area contributed by atoms with Crippen LogP contribution in [-0.4, -0.2) is 4.57 Å². The first-order valence-electron chi connectivity index (χ1n) is 22.2. The molecule has 0 aliphatic rings. The van der Waals surface area contributed by atoms with Crippen molar-refractivity contribution in [3.8, 4) is 39.1 Å². The van der Waals surface area contributed by atoms with Crippen LogP contribution in [0.4, 0.5) is 17.1 Å². The van der Waals surface area contributed by atoms with Crippen molar-refractivity contribution in [2.45, 2.75) is 0 Å². The summed E-state index contributed by atoms with van der Waals surface area (Å²) in [5, 5.41) is 9.66. The quantitative estimate of drug-likeness (QED) is 0.149. The normalized spacial score (nSPS) is 11.7. The second-order valence-corrected chi connectivity index (χ2v) is 16.8. The zero-order valence-electron chi connectivity index (χ0n) is 35.4. The molecule has 0 aliphatic carbocycles. The van der Waals surface area contributed by atoms with E-state index in [9.17, 15) is 0 Å². The minimum absolute atomic E-state index is 0.896. The molecule has 11 aromatic carbocycles. The van der Waals surface area contributed by atoms with Crippen LogP contribution < -0.4 is 4.90 Å². The molecule has 0 saturated carbocycles. The zero-order chi connectivity index (χ0) is 42.8. The number of nitrogens with zero attached hydrogens (tertiary/aromatic N) is 2. The van der Waals surface area contributed by atoms with Gasteiger partial charge in [-0.1, -0.05) is 182 Å². The summed E-state index contributed by atoms with van der Waals surface area (Å²) in [5.41, 5.74) is 15.4. The lowest BCUT2D eigenvalue weighted by Gasteiger charge is -2.27. The Hall–Kier alpha value is -8.66. The molecule has 0 saturated heterocycles. The Balaban J connectivity index is 0.956. The number of para-hydroxylation sites is 5. The molecule has 0 amide bonds. The number of furan rings is 1. The summed E-state index contributed by atoms with van der Waals surface area (Å²) in [6, 6.07) is 87.7. The predicted octanol–water partition coefficient (Wildman–Crippen LogP) is 17.5. The molecule has 13 aromatic rings. The lowest BCUT2D eigenvalue weighted by Crippen LogP contribution is -2.10. The van der Waals surface area contributed by atoms with Gasteiger partial charge in [0.1, 0.15) is 11.2 Å². The van der Waals surface area contributed by atoms with Crippen LogP contribution in [0.2, 0.25) is 0 Å². The molecule has 0 N–H and O–H groups in total. The largest absolute Gasteiger partial charge is 0.455 e. The maximum absolute atomic E-state index is 6.54.